The van der Waals surface area contributed by atoms with Crippen LogP contribution >= 0.6 is 23.2 Å². The molecule has 8 heteroatoms. The minimum Gasteiger partial charge on any atom is -0.319 e. The minimum absolute atomic E-state index is 0.217. The van der Waals surface area contributed by atoms with Crippen LogP contribution in [0.4, 0.5) is 5.69 Å². The molecule has 0 atom stereocenters. The van der Waals surface area contributed by atoms with Gasteiger partial charge in [-0.2, -0.15) is 5.10 Å². The molecule has 90 valence electrons. The van der Waals surface area contributed by atoms with Crippen molar-refractivity contribution < 1.29 is 4.79 Å². The number of benzene rings is 1. The highest BCUT2D eigenvalue weighted by Gasteiger charge is 2.28. The fraction of sp³-hybridized carbons (Fsp3) is 0. The molecule has 0 unspecified atom stereocenters. The van der Waals surface area contributed by atoms with Crippen molar-refractivity contribution in [2.75, 3.05) is 5.32 Å². The summed E-state index contributed by atoms with van der Waals surface area (Å²) in [5.41, 5.74) is 1.29. The van der Waals surface area contributed by atoms with E-state index in [2.05, 4.69) is 20.6 Å². The first kappa shape index (κ1) is 11.2. The van der Waals surface area contributed by atoms with E-state index in [4.69, 9.17) is 23.2 Å². The molecule has 1 aliphatic rings. The summed E-state index contributed by atoms with van der Waals surface area (Å²) >= 11 is 11.9. The molecule has 0 saturated heterocycles. The SMILES string of the molecule is O=C1Nc2c(Cl)cc(Cl)cc2C1=Nn1cnnc1. The number of hydrogen-bond donors (Lipinski definition) is 1. The van der Waals surface area contributed by atoms with Gasteiger partial charge in [0.15, 0.2) is 5.71 Å². The number of anilines is 1. The molecule has 0 bridgehead atoms. The Labute approximate surface area is 111 Å². The highest BCUT2D eigenvalue weighted by molar-refractivity contribution is 6.56. The van der Waals surface area contributed by atoms with Crippen LogP contribution in [0.5, 0.6) is 0 Å². The normalized spacial score (nSPS) is 15.9. The lowest BCUT2D eigenvalue weighted by atomic mass is 10.1. The van der Waals surface area contributed by atoms with Crippen molar-refractivity contribution >= 4 is 40.5 Å². The van der Waals surface area contributed by atoms with E-state index in [0.29, 0.717) is 21.3 Å². The molecule has 1 amide bonds. The second kappa shape index (κ2) is 4.08. The fourth-order valence-electron chi connectivity index (χ4n) is 1.64. The van der Waals surface area contributed by atoms with Gasteiger partial charge in [0.1, 0.15) is 12.7 Å². The van der Waals surface area contributed by atoms with E-state index in [9.17, 15) is 4.79 Å². The number of amides is 1. The Morgan fingerprint density at radius 3 is 2.67 bits per heavy atom. The molecule has 0 aliphatic carbocycles. The van der Waals surface area contributed by atoms with Crippen LogP contribution in [0.1, 0.15) is 5.56 Å². The number of rotatable bonds is 1. The molecule has 0 radical (unpaired) electrons. The van der Waals surface area contributed by atoms with Crippen molar-refractivity contribution in [1.29, 1.82) is 0 Å². The summed E-state index contributed by atoms with van der Waals surface area (Å²) in [5.74, 6) is -0.345. The standard InChI is InChI=1S/C10H5Cl2N5O/c11-5-1-6-8(7(12)2-5)15-10(18)9(6)16-17-3-13-14-4-17/h1-4H,(H,15,16,18). The molecule has 0 spiro atoms. The molecule has 6 nitrogen and oxygen atoms in total. The molecule has 2 heterocycles. The van der Waals surface area contributed by atoms with Crippen molar-refractivity contribution in [1.82, 2.24) is 14.9 Å². The minimum atomic E-state index is -0.345. The van der Waals surface area contributed by atoms with Crippen molar-refractivity contribution in [2.45, 2.75) is 0 Å². The third-order valence-corrected chi connectivity index (χ3v) is 2.90. The molecule has 2 aromatic rings. The van der Waals surface area contributed by atoms with Gasteiger partial charge in [0, 0.05) is 10.6 Å². The Balaban J connectivity index is 2.18. The number of hydrogen-bond acceptors (Lipinski definition) is 4. The first-order valence-corrected chi connectivity index (χ1v) is 5.65. The van der Waals surface area contributed by atoms with Crippen LogP contribution in [-0.4, -0.2) is 26.5 Å². The van der Waals surface area contributed by atoms with Crippen LogP contribution in [-0.2, 0) is 4.79 Å². The Morgan fingerprint density at radius 1 is 1.22 bits per heavy atom. The smallest absolute Gasteiger partial charge is 0.276 e. The van der Waals surface area contributed by atoms with Gasteiger partial charge >= 0.3 is 0 Å². The molecule has 1 N–H and O–H groups in total. The lowest BCUT2D eigenvalue weighted by molar-refractivity contribution is -0.110. The highest BCUT2D eigenvalue weighted by atomic mass is 35.5. The van der Waals surface area contributed by atoms with Gasteiger partial charge in [-0.1, -0.05) is 23.2 Å². The predicted molar refractivity (Wildman–Crippen MR) is 67.0 cm³/mol. The summed E-state index contributed by atoms with van der Waals surface area (Å²) in [5, 5.41) is 14.8. The summed E-state index contributed by atoms with van der Waals surface area (Å²) in [6, 6.07) is 3.19. The zero-order valence-corrected chi connectivity index (χ0v) is 10.3. The van der Waals surface area contributed by atoms with Crippen LogP contribution < -0.4 is 5.32 Å². The van der Waals surface area contributed by atoms with E-state index in [-0.39, 0.29) is 11.6 Å². The second-order valence-electron chi connectivity index (χ2n) is 3.55. The maximum absolute atomic E-state index is 11.8. The maximum Gasteiger partial charge on any atom is 0.276 e. The van der Waals surface area contributed by atoms with Crippen molar-refractivity contribution in [2.24, 2.45) is 5.10 Å². The highest BCUT2D eigenvalue weighted by Crippen LogP contribution is 2.34. The Kier molecular flexibility index (Phi) is 2.53. The zero-order chi connectivity index (χ0) is 12.7. The van der Waals surface area contributed by atoms with Gasteiger partial charge in [-0.15, -0.1) is 10.2 Å². The largest absolute Gasteiger partial charge is 0.319 e. The zero-order valence-electron chi connectivity index (χ0n) is 8.76. The monoisotopic (exact) mass is 281 g/mol. The van der Waals surface area contributed by atoms with Gasteiger partial charge < -0.3 is 5.32 Å². The second-order valence-corrected chi connectivity index (χ2v) is 4.40. The van der Waals surface area contributed by atoms with Gasteiger partial charge in [0.2, 0.25) is 0 Å². The van der Waals surface area contributed by atoms with Gasteiger partial charge in [-0.05, 0) is 12.1 Å². The lowest BCUT2D eigenvalue weighted by Gasteiger charge is -2.01. The van der Waals surface area contributed by atoms with Crippen LogP contribution in [0.2, 0.25) is 10.0 Å². The number of nitrogens with zero attached hydrogens (tertiary/aromatic N) is 4. The van der Waals surface area contributed by atoms with E-state index < -0.39 is 0 Å². The average Bonchev–Trinajstić information content (AvgIpc) is 2.91. The number of nitrogens with one attached hydrogen (secondary N) is 1. The number of halogens is 2. The number of fused-ring (bicyclic) bond motifs is 1. The third kappa shape index (κ3) is 1.75. The Morgan fingerprint density at radius 2 is 1.94 bits per heavy atom. The molecule has 0 fully saturated rings. The molecule has 18 heavy (non-hydrogen) atoms. The third-order valence-electron chi connectivity index (χ3n) is 2.39. The van der Waals surface area contributed by atoms with Crippen molar-refractivity contribution in [3.63, 3.8) is 0 Å². The molecule has 0 saturated carbocycles. The van der Waals surface area contributed by atoms with Crippen LogP contribution in [0.25, 0.3) is 0 Å². The van der Waals surface area contributed by atoms with Gasteiger partial charge in [-0.25, -0.2) is 4.68 Å². The van der Waals surface area contributed by atoms with Crippen LogP contribution in [0.15, 0.2) is 29.9 Å². The van der Waals surface area contributed by atoms with E-state index >= 15 is 0 Å². The van der Waals surface area contributed by atoms with E-state index in [1.165, 1.54) is 17.3 Å². The molecule has 1 aliphatic heterocycles. The quantitative estimate of drug-likeness (QED) is 0.866. The van der Waals surface area contributed by atoms with E-state index in [1.54, 1.807) is 12.1 Å². The Bertz CT molecular complexity index is 665. The van der Waals surface area contributed by atoms with E-state index in [0.717, 1.165) is 0 Å². The van der Waals surface area contributed by atoms with Crippen molar-refractivity contribution in [3.05, 3.63) is 40.4 Å². The summed E-state index contributed by atoms with van der Waals surface area (Å²) in [6.07, 6.45) is 2.76. The summed E-state index contributed by atoms with van der Waals surface area (Å²) < 4.78 is 1.33. The summed E-state index contributed by atoms with van der Waals surface area (Å²) in [6.45, 7) is 0. The predicted octanol–water partition coefficient (Wildman–Crippen LogP) is 1.79. The average molecular weight is 282 g/mol. The topological polar surface area (TPSA) is 72.2 Å². The lowest BCUT2D eigenvalue weighted by Crippen LogP contribution is -2.15. The molecular formula is C10H5Cl2N5O. The van der Waals surface area contributed by atoms with Gasteiger partial charge in [0.25, 0.3) is 5.91 Å². The number of carbonyl (C=O) groups is 1. The van der Waals surface area contributed by atoms with Crippen LogP contribution in [0, 0.1) is 0 Å². The first-order valence-electron chi connectivity index (χ1n) is 4.89. The summed E-state index contributed by atoms with van der Waals surface area (Å²) in [4.78, 5) is 11.8. The fourth-order valence-corrected chi connectivity index (χ4v) is 2.18. The first-order chi connectivity index (χ1) is 8.65. The molecule has 1 aromatic carbocycles. The maximum atomic E-state index is 11.8. The van der Waals surface area contributed by atoms with Crippen molar-refractivity contribution in [3.8, 4) is 0 Å². The van der Waals surface area contributed by atoms with Gasteiger partial charge in [0.05, 0.1) is 10.7 Å². The summed E-state index contributed by atoms with van der Waals surface area (Å²) in [7, 11) is 0. The molecular weight excluding hydrogens is 277 g/mol. The molecule has 1 aromatic heterocycles. The molecule has 3 rings (SSSR count). The number of carbonyl (C=O) groups excluding carboxylic acids is 1. The van der Waals surface area contributed by atoms with Crippen LogP contribution in [0.3, 0.4) is 0 Å². The van der Waals surface area contributed by atoms with E-state index in [1.807, 2.05) is 0 Å². The number of aromatic nitrogens is 3. The Hall–Kier alpha value is -1.92. The van der Waals surface area contributed by atoms with Gasteiger partial charge in [-0.3, -0.25) is 4.79 Å².